The van der Waals surface area contributed by atoms with Gasteiger partial charge in [0.15, 0.2) is 0 Å². The van der Waals surface area contributed by atoms with Crippen molar-refractivity contribution in [1.29, 1.82) is 0 Å². The highest BCUT2D eigenvalue weighted by Gasteiger charge is 2.05. The Morgan fingerprint density at radius 3 is 2.45 bits per heavy atom. The Kier molecular flexibility index (Phi) is 5.57. The predicted molar refractivity (Wildman–Crippen MR) is 89.3 cm³/mol. The minimum atomic E-state index is 0.576. The van der Waals surface area contributed by atoms with Crippen molar-refractivity contribution in [3.8, 4) is 0 Å². The molecule has 2 aromatic carbocycles. The molecule has 20 heavy (non-hydrogen) atoms. The van der Waals surface area contributed by atoms with Gasteiger partial charge in [0.1, 0.15) is 0 Å². The number of para-hydroxylation sites is 1. The van der Waals surface area contributed by atoms with Crippen LogP contribution in [-0.2, 0) is 0 Å². The fourth-order valence-corrected chi connectivity index (χ4v) is 2.44. The molecule has 0 amide bonds. The number of rotatable bonds is 6. The van der Waals surface area contributed by atoms with Gasteiger partial charge in [-0.1, -0.05) is 47.5 Å². The fourth-order valence-electron chi connectivity index (χ4n) is 2.07. The van der Waals surface area contributed by atoms with Crippen molar-refractivity contribution in [2.24, 2.45) is 0 Å². The zero-order chi connectivity index (χ0) is 14.4. The van der Waals surface area contributed by atoms with E-state index in [-0.39, 0.29) is 0 Å². The third-order valence-electron chi connectivity index (χ3n) is 3.15. The van der Waals surface area contributed by atoms with Crippen molar-refractivity contribution in [3.05, 3.63) is 58.6 Å². The summed E-state index contributed by atoms with van der Waals surface area (Å²) in [5.41, 5.74) is 2.11. The van der Waals surface area contributed by atoms with E-state index in [0.29, 0.717) is 10.0 Å². The first-order chi connectivity index (χ1) is 9.72. The zero-order valence-electron chi connectivity index (χ0n) is 11.4. The quantitative estimate of drug-likeness (QED) is 0.813. The summed E-state index contributed by atoms with van der Waals surface area (Å²) in [5, 5.41) is 4.49. The molecule has 0 spiro atoms. The van der Waals surface area contributed by atoms with Gasteiger partial charge in [-0.05, 0) is 31.2 Å². The molecular formula is C16H18Cl2N2. The summed E-state index contributed by atoms with van der Waals surface area (Å²) in [6.07, 6.45) is 0. The smallest absolute Gasteiger partial charge is 0.0823 e. The summed E-state index contributed by atoms with van der Waals surface area (Å²) < 4.78 is 0. The van der Waals surface area contributed by atoms with Crippen LogP contribution in [0.2, 0.25) is 10.0 Å². The van der Waals surface area contributed by atoms with Gasteiger partial charge in [0.05, 0.1) is 15.7 Å². The Hall–Kier alpha value is -1.38. The zero-order valence-corrected chi connectivity index (χ0v) is 13.0. The third kappa shape index (κ3) is 3.81. The second-order valence-electron chi connectivity index (χ2n) is 4.44. The van der Waals surface area contributed by atoms with Crippen LogP contribution in [0.4, 0.5) is 11.4 Å². The Labute approximate surface area is 130 Å². The van der Waals surface area contributed by atoms with Crippen molar-refractivity contribution in [1.82, 2.24) is 0 Å². The van der Waals surface area contributed by atoms with E-state index in [9.17, 15) is 0 Å². The van der Waals surface area contributed by atoms with Crippen molar-refractivity contribution < 1.29 is 0 Å². The molecule has 0 saturated heterocycles. The van der Waals surface area contributed by atoms with E-state index in [1.807, 2.05) is 18.2 Å². The molecule has 2 nitrogen and oxygen atoms in total. The highest BCUT2D eigenvalue weighted by molar-refractivity contribution is 6.43. The lowest BCUT2D eigenvalue weighted by molar-refractivity contribution is 0.835. The Morgan fingerprint density at radius 1 is 1.00 bits per heavy atom. The highest BCUT2D eigenvalue weighted by Crippen LogP contribution is 2.29. The average molecular weight is 309 g/mol. The number of nitrogens with zero attached hydrogens (tertiary/aromatic N) is 1. The Bertz CT molecular complexity index is 543. The maximum Gasteiger partial charge on any atom is 0.0823 e. The summed E-state index contributed by atoms with van der Waals surface area (Å²) in [5.74, 6) is 0. The second kappa shape index (κ2) is 7.41. The number of nitrogens with one attached hydrogen (secondary N) is 1. The molecular weight excluding hydrogens is 291 g/mol. The van der Waals surface area contributed by atoms with Gasteiger partial charge >= 0.3 is 0 Å². The van der Waals surface area contributed by atoms with E-state index in [0.717, 1.165) is 25.3 Å². The normalized spacial score (nSPS) is 10.3. The van der Waals surface area contributed by atoms with E-state index in [2.05, 4.69) is 41.4 Å². The van der Waals surface area contributed by atoms with Crippen molar-refractivity contribution in [2.45, 2.75) is 6.92 Å². The summed E-state index contributed by atoms with van der Waals surface area (Å²) in [4.78, 5) is 2.31. The van der Waals surface area contributed by atoms with Gasteiger partial charge in [-0.3, -0.25) is 0 Å². The molecule has 0 aliphatic carbocycles. The molecule has 0 aliphatic rings. The van der Waals surface area contributed by atoms with Gasteiger partial charge in [-0.25, -0.2) is 0 Å². The monoisotopic (exact) mass is 308 g/mol. The van der Waals surface area contributed by atoms with Crippen molar-refractivity contribution in [3.63, 3.8) is 0 Å². The molecule has 2 aromatic rings. The summed E-state index contributed by atoms with van der Waals surface area (Å²) in [7, 11) is 0. The summed E-state index contributed by atoms with van der Waals surface area (Å²) in [6.45, 7) is 4.83. The molecule has 0 bridgehead atoms. The lowest BCUT2D eigenvalue weighted by Gasteiger charge is -2.23. The number of benzene rings is 2. The number of hydrogen-bond acceptors (Lipinski definition) is 2. The first-order valence-corrected chi connectivity index (χ1v) is 7.46. The molecule has 0 saturated carbocycles. The summed E-state index contributed by atoms with van der Waals surface area (Å²) >= 11 is 12.1. The number of halogens is 2. The number of hydrogen-bond donors (Lipinski definition) is 1. The van der Waals surface area contributed by atoms with Crippen LogP contribution < -0.4 is 10.2 Å². The Balaban J connectivity index is 1.93. The fraction of sp³-hybridized carbons (Fsp3) is 0.250. The van der Waals surface area contributed by atoms with Crippen LogP contribution in [0, 0.1) is 0 Å². The molecule has 0 radical (unpaired) electrons. The Morgan fingerprint density at radius 2 is 1.75 bits per heavy atom. The minimum absolute atomic E-state index is 0.576. The molecule has 0 aliphatic heterocycles. The molecule has 106 valence electrons. The van der Waals surface area contributed by atoms with Crippen LogP contribution in [0.5, 0.6) is 0 Å². The number of likely N-dealkylation sites (N-methyl/N-ethyl adjacent to an activating group) is 1. The van der Waals surface area contributed by atoms with Crippen LogP contribution in [0.25, 0.3) is 0 Å². The predicted octanol–water partition coefficient (Wildman–Crippen LogP) is 4.93. The van der Waals surface area contributed by atoms with Gasteiger partial charge in [-0.2, -0.15) is 0 Å². The molecule has 2 rings (SSSR count). The van der Waals surface area contributed by atoms with Gasteiger partial charge in [0.2, 0.25) is 0 Å². The van der Waals surface area contributed by atoms with Crippen molar-refractivity contribution in [2.75, 3.05) is 29.9 Å². The molecule has 0 aromatic heterocycles. The van der Waals surface area contributed by atoms with Crippen LogP contribution in [-0.4, -0.2) is 19.6 Å². The third-order valence-corrected chi connectivity index (χ3v) is 3.97. The van der Waals surface area contributed by atoms with E-state index in [4.69, 9.17) is 23.2 Å². The standard InChI is InChI=1S/C16H18Cl2N2/c1-2-20(13-7-4-3-5-8-13)12-11-19-15-10-6-9-14(17)16(15)18/h3-10,19H,2,11-12H2,1H3. The molecule has 0 heterocycles. The number of anilines is 2. The van der Waals surface area contributed by atoms with Gasteiger partial charge < -0.3 is 10.2 Å². The molecule has 0 unspecified atom stereocenters. The molecule has 4 heteroatoms. The highest BCUT2D eigenvalue weighted by atomic mass is 35.5. The SMILES string of the molecule is CCN(CCNc1cccc(Cl)c1Cl)c1ccccc1. The van der Waals surface area contributed by atoms with E-state index < -0.39 is 0 Å². The van der Waals surface area contributed by atoms with Gasteiger partial charge in [0.25, 0.3) is 0 Å². The van der Waals surface area contributed by atoms with Gasteiger partial charge in [0, 0.05) is 25.3 Å². The maximum absolute atomic E-state index is 6.15. The average Bonchev–Trinajstić information content (AvgIpc) is 2.49. The molecule has 0 atom stereocenters. The topological polar surface area (TPSA) is 15.3 Å². The lowest BCUT2D eigenvalue weighted by atomic mass is 10.3. The van der Waals surface area contributed by atoms with Crippen LogP contribution in [0.3, 0.4) is 0 Å². The van der Waals surface area contributed by atoms with E-state index >= 15 is 0 Å². The van der Waals surface area contributed by atoms with Crippen LogP contribution in [0.15, 0.2) is 48.5 Å². The first kappa shape index (κ1) is 15.0. The molecule has 0 fully saturated rings. The van der Waals surface area contributed by atoms with Crippen LogP contribution >= 0.6 is 23.2 Å². The van der Waals surface area contributed by atoms with Crippen LogP contribution in [0.1, 0.15) is 6.92 Å². The maximum atomic E-state index is 6.15. The largest absolute Gasteiger partial charge is 0.382 e. The van der Waals surface area contributed by atoms with E-state index in [1.165, 1.54) is 5.69 Å². The van der Waals surface area contributed by atoms with E-state index in [1.54, 1.807) is 6.07 Å². The van der Waals surface area contributed by atoms with Crippen molar-refractivity contribution >= 4 is 34.6 Å². The minimum Gasteiger partial charge on any atom is -0.382 e. The first-order valence-electron chi connectivity index (χ1n) is 6.70. The van der Waals surface area contributed by atoms with Gasteiger partial charge in [-0.15, -0.1) is 0 Å². The lowest BCUT2D eigenvalue weighted by Crippen LogP contribution is -2.28. The molecule has 1 N–H and O–H groups in total. The summed E-state index contributed by atoms with van der Waals surface area (Å²) in [6, 6.07) is 16.0. The second-order valence-corrected chi connectivity index (χ2v) is 5.23.